The highest BCUT2D eigenvalue weighted by atomic mass is 32.2. The highest BCUT2D eigenvalue weighted by molar-refractivity contribution is 7.92. The number of hydrogen-bond acceptors (Lipinski definition) is 6. The number of ether oxygens (including phenoxy) is 2. The topological polar surface area (TPSA) is 107 Å². The molecule has 192 valence electrons. The summed E-state index contributed by atoms with van der Waals surface area (Å²) >= 11 is 0. The summed E-state index contributed by atoms with van der Waals surface area (Å²) in [5.74, 6) is -2.44. The minimum absolute atomic E-state index is 0.0748. The van der Waals surface area contributed by atoms with Crippen LogP contribution in [0.2, 0.25) is 0 Å². The third-order valence-corrected chi connectivity index (χ3v) is 7.09. The lowest BCUT2D eigenvalue weighted by Crippen LogP contribution is -2.42. The smallest absolute Gasteiger partial charge is 0.406 e. The molecule has 2 amide bonds. The number of carbonyl (C=O) groups excluding carboxylic acids is 2. The van der Waals surface area contributed by atoms with E-state index in [-0.39, 0.29) is 23.0 Å². The van der Waals surface area contributed by atoms with Crippen molar-refractivity contribution in [2.45, 2.75) is 17.8 Å². The van der Waals surface area contributed by atoms with Gasteiger partial charge in [-0.1, -0.05) is 18.2 Å². The molecule has 0 saturated carbocycles. The molecule has 1 saturated heterocycles. The molecule has 36 heavy (non-hydrogen) atoms. The first-order valence-corrected chi connectivity index (χ1v) is 12.5. The van der Waals surface area contributed by atoms with E-state index in [2.05, 4.69) is 10.1 Å². The molecule has 0 aliphatic carbocycles. The Morgan fingerprint density at radius 1 is 1.03 bits per heavy atom. The summed E-state index contributed by atoms with van der Waals surface area (Å²) < 4.78 is 73.7. The first-order chi connectivity index (χ1) is 17.0. The lowest BCUT2D eigenvalue weighted by molar-refractivity contribution is -0.274. The van der Waals surface area contributed by atoms with Gasteiger partial charge in [-0.25, -0.2) is 8.42 Å². The second kappa shape index (κ2) is 10.2. The van der Waals surface area contributed by atoms with Crippen LogP contribution < -0.4 is 10.1 Å². The van der Waals surface area contributed by atoms with Crippen molar-refractivity contribution >= 4 is 38.2 Å². The van der Waals surface area contributed by atoms with Crippen LogP contribution in [0, 0.1) is 0 Å². The normalized spacial score (nSPS) is 14.6. The SMILES string of the molecule is O=C(CS(=O)(=O)c1cn(CC(=O)N2CCOCC2)c2ccccc12)Nc1ccc(OC(F)(F)F)cc1. The van der Waals surface area contributed by atoms with Gasteiger partial charge in [0.25, 0.3) is 0 Å². The Morgan fingerprint density at radius 2 is 1.69 bits per heavy atom. The van der Waals surface area contributed by atoms with E-state index in [1.165, 1.54) is 10.8 Å². The van der Waals surface area contributed by atoms with Crippen LogP contribution in [0.1, 0.15) is 0 Å². The minimum Gasteiger partial charge on any atom is -0.406 e. The summed E-state index contributed by atoms with van der Waals surface area (Å²) in [4.78, 5) is 26.7. The highest BCUT2D eigenvalue weighted by Gasteiger charge is 2.31. The van der Waals surface area contributed by atoms with Crippen LogP contribution in [0.5, 0.6) is 5.75 Å². The second-order valence-corrected chi connectivity index (χ2v) is 9.97. The first-order valence-electron chi connectivity index (χ1n) is 10.8. The Balaban J connectivity index is 1.49. The van der Waals surface area contributed by atoms with Crippen molar-refractivity contribution in [3.63, 3.8) is 0 Å². The highest BCUT2D eigenvalue weighted by Crippen LogP contribution is 2.27. The Morgan fingerprint density at radius 3 is 2.36 bits per heavy atom. The van der Waals surface area contributed by atoms with E-state index >= 15 is 0 Å². The summed E-state index contributed by atoms with van der Waals surface area (Å²) in [6.45, 7) is 1.70. The molecule has 9 nitrogen and oxygen atoms in total. The van der Waals surface area contributed by atoms with Crippen molar-refractivity contribution in [2.24, 2.45) is 0 Å². The van der Waals surface area contributed by atoms with E-state index in [1.54, 1.807) is 29.2 Å². The van der Waals surface area contributed by atoms with Crippen molar-refractivity contribution in [1.82, 2.24) is 9.47 Å². The summed E-state index contributed by atoms with van der Waals surface area (Å²) in [6, 6.07) is 11.0. The van der Waals surface area contributed by atoms with Gasteiger partial charge in [0, 0.05) is 35.9 Å². The van der Waals surface area contributed by atoms with E-state index < -0.39 is 33.6 Å². The van der Waals surface area contributed by atoms with Gasteiger partial charge in [-0.15, -0.1) is 13.2 Å². The molecule has 0 bridgehead atoms. The predicted molar refractivity (Wildman–Crippen MR) is 123 cm³/mol. The van der Waals surface area contributed by atoms with E-state index in [9.17, 15) is 31.2 Å². The Hall–Kier alpha value is -3.58. The van der Waals surface area contributed by atoms with Gasteiger partial charge in [0.1, 0.15) is 18.0 Å². The van der Waals surface area contributed by atoms with Crippen LogP contribution in [0.25, 0.3) is 10.9 Å². The van der Waals surface area contributed by atoms with E-state index in [4.69, 9.17) is 4.74 Å². The number of amides is 2. The summed E-state index contributed by atoms with van der Waals surface area (Å²) in [5, 5.41) is 2.72. The zero-order chi connectivity index (χ0) is 25.9. The molecular formula is C23H22F3N3O6S. The summed E-state index contributed by atoms with van der Waals surface area (Å²) in [7, 11) is -4.13. The Labute approximate surface area is 204 Å². The Kier molecular flexibility index (Phi) is 7.22. The van der Waals surface area contributed by atoms with Gasteiger partial charge in [0.05, 0.1) is 18.1 Å². The average molecular weight is 526 g/mol. The molecule has 3 aromatic rings. The molecule has 1 aromatic heterocycles. The quantitative estimate of drug-likeness (QED) is 0.509. The molecule has 0 radical (unpaired) electrons. The number of hydrogen-bond donors (Lipinski definition) is 1. The van der Waals surface area contributed by atoms with Crippen LogP contribution in [0.3, 0.4) is 0 Å². The number of aromatic nitrogens is 1. The predicted octanol–water partition coefficient (Wildman–Crippen LogP) is 2.81. The van der Waals surface area contributed by atoms with Crippen molar-refractivity contribution in [1.29, 1.82) is 0 Å². The van der Waals surface area contributed by atoms with E-state index in [1.807, 2.05) is 0 Å². The van der Waals surface area contributed by atoms with Crippen LogP contribution in [0.4, 0.5) is 18.9 Å². The minimum atomic E-state index is -4.86. The molecule has 1 aliphatic heterocycles. The maximum absolute atomic E-state index is 13.1. The fourth-order valence-corrected chi connectivity index (χ4v) is 5.21. The number of nitrogens with one attached hydrogen (secondary N) is 1. The molecule has 0 atom stereocenters. The number of carbonyl (C=O) groups is 2. The molecule has 13 heteroatoms. The van der Waals surface area contributed by atoms with Gasteiger partial charge in [0.2, 0.25) is 11.8 Å². The molecule has 0 spiro atoms. The van der Waals surface area contributed by atoms with Crippen LogP contribution >= 0.6 is 0 Å². The fraction of sp³-hybridized carbons (Fsp3) is 0.304. The maximum atomic E-state index is 13.1. The van der Waals surface area contributed by atoms with Crippen molar-refractivity contribution in [3.05, 3.63) is 54.7 Å². The molecule has 1 aliphatic rings. The standard InChI is InChI=1S/C23H22F3N3O6S/c24-23(25,26)35-17-7-5-16(6-8-17)27-21(30)15-36(32,33)20-13-29(19-4-2-1-3-18(19)20)14-22(31)28-9-11-34-12-10-28/h1-8,13H,9-12,14-15H2,(H,27,30). The monoisotopic (exact) mass is 525 g/mol. The lowest BCUT2D eigenvalue weighted by Gasteiger charge is -2.27. The zero-order valence-electron chi connectivity index (χ0n) is 18.8. The van der Waals surface area contributed by atoms with Gasteiger partial charge >= 0.3 is 6.36 Å². The number of nitrogens with zero attached hydrogens (tertiary/aromatic N) is 2. The van der Waals surface area contributed by atoms with Gasteiger partial charge in [-0.05, 0) is 30.3 Å². The number of benzene rings is 2. The summed E-state index contributed by atoms with van der Waals surface area (Å²) in [6.07, 6.45) is -3.51. The largest absolute Gasteiger partial charge is 0.573 e. The maximum Gasteiger partial charge on any atom is 0.573 e. The molecule has 2 aromatic carbocycles. The molecule has 1 fully saturated rings. The van der Waals surface area contributed by atoms with Crippen molar-refractivity contribution in [2.75, 3.05) is 37.4 Å². The number of rotatable bonds is 7. The third-order valence-electron chi connectivity index (χ3n) is 5.45. The molecular weight excluding hydrogens is 503 g/mol. The van der Waals surface area contributed by atoms with Gasteiger partial charge in [0.15, 0.2) is 9.84 Å². The third kappa shape index (κ3) is 6.15. The number of sulfone groups is 1. The van der Waals surface area contributed by atoms with Gasteiger partial charge in [-0.2, -0.15) is 0 Å². The fourth-order valence-electron chi connectivity index (χ4n) is 3.84. The zero-order valence-corrected chi connectivity index (χ0v) is 19.6. The first kappa shape index (κ1) is 25.5. The van der Waals surface area contributed by atoms with E-state index in [0.717, 1.165) is 24.3 Å². The number of fused-ring (bicyclic) bond motifs is 1. The van der Waals surface area contributed by atoms with Crippen molar-refractivity contribution in [3.8, 4) is 5.75 Å². The number of para-hydroxylation sites is 1. The number of morpholine rings is 1. The van der Waals surface area contributed by atoms with Crippen LogP contribution in [-0.4, -0.2) is 68.1 Å². The molecule has 0 unspecified atom stereocenters. The van der Waals surface area contributed by atoms with Crippen LogP contribution in [0.15, 0.2) is 59.6 Å². The second-order valence-electron chi connectivity index (χ2n) is 8.01. The molecule has 4 rings (SSSR count). The van der Waals surface area contributed by atoms with Crippen LogP contribution in [-0.2, 0) is 30.7 Å². The number of alkyl halides is 3. The van der Waals surface area contributed by atoms with Crippen molar-refractivity contribution < 1.29 is 40.7 Å². The molecule has 2 heterocycles. The number of halogens is 3. The summed E-state index contributed by atoms with van der Waals surface area (Å²) in [5.41, 5.74) is 0.626. The van der Waals surface area contributed by atoms with E-state index in [0.29, 0.717) is 37.2 Å². The number of anilines is 1. The van der Waals surface area contributed by atoms with Gasteiger partial charge < -0.3 is 24.3 Å². The average Bonchev–Trinajstić information content (AvgIpc) is 3.19. The lowest BCUT2D eigenvalue weighted by atomic mass is 10.2. The Bertz CT molecular complexity index is 1360. The van der Waals surface area contributed by atoms with Gasteiger partial charge in [-0.3, -0.25) is 9.59 Å². The molecule has 1 N–H and O–H groups in total.